The van der Waals surface area contributed by atoms with Gasteiger partial charge in [0, 0.05) is 31.9 Å². The normalized spacial score (nSPS) is 19.8. The van der Waals surface area contributed by atoms with Gasteiger partial charge in [0.2, 0.25) is 5.91 Å². The summed E-state index contributed by atoms with van der Waals surface area (Å²) in [5.74, 6) is -1.20. The number of piperazine rings is 1. The molecule has 2 amide bonds. The second kappa shape index (κ2) is 8.86. The number of esters is 1. The summed E-state index contributed by atoms with van der Waals surface area (Å²) >= 11 is 0. The molecule has 0 N–H and O–H groups in total. The van der Waals surface area contributed by atoms with Gasteiger partial charge in [0.05, 0.1) is 36.4 Å². The molecule has 0 saturated carbocycles. The number of hydrogen-bond donors (Lipinski definition) is 0. The first kappa shape index (κ1) is 22.8. The van der Waals surface area contributed by atoms with E-state index in [1.165, 1.54) is 37.4 Å². The van der Waals surface area contributed by atoms with Gasteiger partial charge in [-0.1, -0.05) is 6.07 Å². The Hall–Kier alpha value is -3.40. The van der Waals surface area contributed by atoms with Crippen LogP contribution >= 0.6 is 0 Å². The molecule has 4 rings (SSSR count). The molecule has 0 spiro atoms. The Morgan fingerprint density at radius 1 is 0.970 bits per heavy atom. The predicted molar refractivity (Wildman–Crippen MR) is 114 cm³/mol. The van der Waals surface area contributed by atoms with Crippen molar-refractivity contribution in [2.24, 2.45) is 0 Å². The molecule has 0 radical (unpaired) electrons. The van der Waals surface area contributed by atoms with Gasteiger partial charge in [-0.3, -0.25) is 14.5 Å². The Morgan fingerprint density at radius 2 is 1.64 bits per heavy atom. The molecule has 2 aromatic rings. The summed E-state index contributed by atoms with van der Waals surface area (Å²) in [7, 11) is 1.27. The number of amides is 2. The smallest absolute Gasteiger partial charge is 0.416 e. The van der Waals surface area contributed by atoms with E-state index >= 15 is 0 Å². The molecule has 7 nitrogen and oxygen atoms in total. The second-order valence-electron chi connectivity index (χ2n) is 7.90. The van der Waals surface area contributed by atoms with E-state index < -0.39 is 23.8 Å². The van der Waals surface area contributed by atoms with E-state index in [0.29, 0.717) is 43.1 Å². The maximum Gasteiger partial charge on any atom is 0.416 e. The van der Waals surface area contributed by atoms with Gasteiger partial charge in [-0.2, -0.15) is 13.2 Å². The van der Waals surface area contributed by atoms with Crippen LogP contribution < -0.4 is 9.80 Å². The topological polar surface area (TPSA) is 70.2 Å². The summed E-state index contributed by atoms with van der Waals surface area (Å²) < 4.78 is 43.7. The Kier molecular flexibility index (Phi) is 6.11. The van der Waals surface area contributed by atoms with Gasteiger partial charge >= 0.3 is 12.1 Å². The van der Waals surface area contributed by atoms with Crippen molar-refractivity contribution in [3.63, 3.8) is 0 Å². The van der Waals surface area contributed by atoms with Crippen LogP contribution in [0.1, 0.15) is 22.3 Å². The van der Waals surface area contributed by atoms with Gasteiger partial charge in [0.25, 0.3) is 5.91 Å². The summed E-state index contributed by atoms with van der Waals surface area (Å²) in [5, 5.41) is 0. The molecule has 174 valence electrons. The van der Waals surface area contributed by atoms with Crippen LogP contribution in [-0.2, 0) is 20.5 Å². The summed E-state index contributed by atoms with van der Waals surface area (Å²) in [6.07, 6.45) is -4.38. The number of methoxy groups -OCH3 is 1. The molecule has 33 heavy (non-hydrogen) atoms. The molecule has 2 aliphatic rings. The number of nitrogens with zero attached hydrogens (tertiary/aromatic N) is 3. The highest BCUT2D eigenvalue weighted by Crippen LogP contribution is 2.32. The van der Waals surface area contributed by atoms with Gasteiger partial charge < -0.3 is 9.64 Å². The van der Waals surface area contributed by atoms with E-state index in [2.05, 4.69) is 4.74 Å². The van der Waals surface area contributed by atoms with Crippen molar-refractivity contribution in [1.29, 1.82) is 0 Å². The summed E-state index contributed by atoms with van der Waals surface area (Å²) in [5.41, 5.74) is 0.462. The third-order valence-corrected chi connectivity index (χ3v) is 5.96. The highest BCUT2D eigenvalue weighted by molar-refractivity contribution is 6.22. The number of benzene rings is 2. The summed E-state index contributed by atoms with van der Waals surface area (Å²) in [6, 6.07) is 10.6. The van der Waals surface area contributed by atoms with Crippen molar-refractivity contribution in [1.82, 2.24) is 4.90 Å². The standard InChI is InChI=1S/C23H22F3N3O4/c1-33-22(32)15-5-7-17(8-6-15)29-20(30)14-19(21(29)31)28-11-9-27(10-12-28)18-4-2-3-16(13-18)23(24,25)26/h2-8,13,19H,9-12,14H2,1H3/t19-/m1/s1. The van der Waals surface area contributed by atoms with Crippen LogP contribution in [0.5, 0.6) is 0 Å². The molecule has 0 aromatic heterocycles. The van der Waals surface area contributed by atoms with Crippen molar-refractivity contribution >= 4 is 29.2 Å². The minimum Gasteiger partial charge on any atom is -0.465 e. The lowest BCUT2D eigenvalue weighted by Gasteiger charge is -2.38. The average Bonchev–Trinajstić information content (AvgIpc) is 3.12. The molecule has 10 heteroatoms. The number of hydrogen-bond acceptors (Lipinski definition) is 6. The number of ether oxygens (including phenoxy) is 1. The van der Waals surface area contributed by atoms with E-state index in [4.69, 9.17) is 0 Å². The van der Waals surface area contributed by atoms with Crippen LogP contribution in [0.25, 0.3) is 0 Å². The second-order valence-corrected chi connectivity index (χ2v) is 7.90. The molecule has 2 aromatic carbocycles. The van der Waals surface area contributed by atoms with Crippen molar-refractivity contribution in [3.8, 4) is 0 Å². The van der Waals surface area contributed by atoms with E-state index in [9.17, 15) is 27.6 Å². The van der Waals surface area contributed by atoms with Crippen LogP contribution in [0.4, 0.5) is 24.5 Å². The number of carbonyl (C=O) groups is 3. The first-order chi connectivity index (χ1) is 15.7. The lowest BCUT2D eigenvalue weighted by molar-refractivity contribution is -0.137. The molecule has 2 aliphatic heterocycles. The fourth-order valence-electron chi connectivity index (χ4n) is 4.21. The molecule has 2 saturated heterocycles. The predicted octanol–water partition coefficient (Wildman–Crippen LogP) is 2.95. The van der Waals surface area contributed by atoms with Crippen LogP contribution in [0.3, 0.4) is 0 Å². The quantitative estimate of drug-likeness (QED) is 0.515. The van der Waals surface area contributed by atoms with E-state index in [1.807, 2.05) is 9.80 Å². The van der Waals surface area contributed by atoms with Gasteiger partial charge in [-0.05, 0) is 42.5 Å². The Labute approximate surface area is 188 Å². The van der Waals surface area contributed by atoms with Gasteiger partial charge in [-0.25, -0.2) is 9.69 Å². The third kappa shape index (κ3) is 4.56. The lowest BCUT2D eigenvalue weighted by atomic mass is 10.1. The Morgan fingerprint density at radius 3 is 2.24 bits per heavy atom. The number of alkyl halides is 3. The van der Waals surface area contributed by atoms with Crippen LogP contribution in [0.15, 0.2) is 48.5 Å². The summed E-state index contributed by atoms with van der Waals surface area (Å²) in [6.45, 7) is 1.75. The van der Waals surface area contributed by atoms with Crippen molar-refractivity contribution < 1.29 is 32.3 Å². The zero-order chi connectivity index (χ0) is 23.8. The monoisotopic (exact) mass is 461 g/mol. The zero-order valence-electron chi connectivity index (χ0n) is 17.8. The first-order valence-electron chi connectivity index (χ1n) is 10.4. The number of imide groups is 1. The van der Waals surface area contributed by atoms with Crippen molar-refractivity contribution in [2.75, 3.05) is 43.1 Å². The number of carbonyl (C=O) groups excluding carboxylic acids is 3. The molecular weight excluding hydrogens is 439 g/mol. The number of anilines is 2. The summed E-state index contributed by atoms with van der Waals surface area (Å²) in [4.78, 5) is 42.1. The minimum absolute atomic E-state index is 0.0289. The lowest BCUT2D eigenvalue weighted by Crippen LogP contribution is -2.52. The van der Waals surface area contributed by atoms with Gasteiger partial charge in [0.15, 0.2) is 0 Å². The van der Waals surface area contributed by atoms with E-state index in [1.54, 1.807) is 6.07 Å². The Balaban J connectivity index is 1.42. The highest BCUT2D eigenvalue weighted by atomic mass is 19.4. The van der Waals surface area contributed by atoms with Crippen molar-refractivity contribution in [3.05, 3.63) is 59.7 Å². The maximum atomic E-state index is 13.0. The average molecular weight is 461 g/mol. The zero-order valence-corrected chi connectivity index (χ0v) is 17.8. The maximum absolute atomic E-state index is 13.0. The van der Waals surface area contributed by atoms with Crippen molar-refractivity contribution in [2.45, 2.75) is 18.6 Å². The molecule has 1 atom stereocenters. The number of rotatable bonds is 4. The molecule has 2 heterocycles. The highest BCUT2D eigenvalue weighted by Gasteiger charge is 2.43. The van der Waals surface area contributed by atoms with Gasteiger partial charge in [-0.15, -0.1) is 0 Å². The molecule has 2 fully saturated rings. The van der Waals surface area contributed by atoms with Crippen LogP contribution in [0, 0.1) is 0 Å². The SMILES string of the molecule is COC(=O)c1ccc(N2C(=O)C[C@@H](N3CCN(c4cccc(C(F)(F)F)c4)CC3)C2=O)cc1. The van der Waals surface area contributed by atoms with Gasteiger partial charge in [0.1, 0.15) is 0 Å². The van der Waals surface area contributed by atoms with E-state index in [0.717, 1.165) is 17.0 Å². The molecule has 0 aliphatic carbocycles. The minimum atomic E-state index is -4.41. The largest absolute Gasteiger partial charge is 0.465 e. The molecule has 0 unspecified atom stereocenters. The van der Waals surface area contributed by atoms with Crippen LogP contribution in [0.2, 0.25) is 0 Å². The van der Waals surface area contributed by atoms with Crippen LogP contribution in [-0.4, -0.2) is 62.0 Å². The van der Waals surface area contributed by atoms with E-state index in [-0.39, 0.29) is 18.2 Å². The fourth-order valence-corrected chi connectivity index (χ4v) is 4.21. The Bertz CT molecular complexity index is 1060. The molecular formula is C23H22F3N3O4. The number of halogens is 3. The molecule has 0 bridgehead atoms. The first-order valence-corrected chi connectivity index (χ1v) is 10.4. The fraction of sp³-hybridized carbons (Fsp3) is 0.348. The third-order valence-electron chi connectivity index (χ3n) is 5.96.